The lowest BCUT2D eigenvalue weighted by molar-refractivity contribution is -0.110. The number of thioether (sulfide) groups is 1. The third-order valence-corrected chi connectivity index (χ3v) is 4.32. The standard InChI is InChI=1S/C17H13ClO2S/c1-11-2-5-14(6-3-11)21-17(19)8-12-10-20-16-7-4-13(18)9-15(12)16/h2-7,9-10H,8H2,1H3. The van der Waals surface area contributed by atoms with Crippen LogP contribution in [0, 0.1) is 6.92 Å². The second kappa shape index (κ2) is 5.96. The Balaban J connectivity index is 1.77. The van der Waals surface area contributed by atoms with Crippen LogP contribution in [0.25, 0.3) is 11.0 Å². The van der Waals surface area contributed by atoms with Gasteiger partial charge in [0.05, 0.1) is 6.26 Å². The minimum absolute atomic E-state index is 0.0847. The van der Waals surface area contributed by atoms with Gasteiger partial charge in [-0.3, -0.25) is 4.79 Å². The first-order valence-corrected chi connectivity index (χ1v) is 7.74. The Labute approximate surface area is 132 Å². The lowest BCUT2D eigenvalue weighted by atomic mass is 10.1. The molecule has 3 rings (SSSR count). The summed E-state index contributed by atoms with van der Waals surface area (Å²) >= 11 is 7.25. The summed E-state index contributed by atoms with van der Waals surface area (Å²) in [6.45, 7) is 2.03. The second-order valence-electron chi connectivity index (χ2n) is 4.87. The number of furan rings is 1. The maximum Gasteiger partial charge on any atom is 0.198 e. The number of benzene rings is 2. The number of carbonyl (C=O) groups excluding carboxylic acids is 1. The Morgan fingerprint density at radius 2 is 1.95 bits per heavy atom. The van der Waals surface area contributed by atoms with Gasteiger partial charge in [0.2, 0.25) is 0 Å². The van der Waals surface area contributed by atoms with Crippen molar-refractivity contribution in [2.45, 2.75) is 18.2 Å². The third-order valence-electron chi connectivity index (χ3n) is 3.20. The van der Waals surface area contributed by atoms with Gasteiger partial charge in [0, 0.05) is 27.3 Å². The fourth-order valence-electron chi connectivity index (χ4n) is 2.12. The number of hydrogen-bond donors (Lipinski definition) is 0. The molecule has 0 N–H and O–H groups in total. The highest BCUT2D eigenvalue weighted by molar-refractivity contribution is 8.13. The van der Waals surface area contributed by atoms with Crippen LogP contribution in [0.5, 0.6) is 0 Å². The summed E-state index contributed by atoms with van der Waals surface area (Å²) in [5.41, 5.74) is 2.81. The van der Waals surface area contributed by atoms with Crippen molar-refractivity contribution in [3.63, 3.8) is 0 Å². The molecule has 1 aromatic heterocycles. The van der Waals surface area contributed by atoms with Crippen LogP contribution in [0.4, 0.5) is 0 Å². The number of fused-ring (bicyclic) bond motifs is 1. The molecule has 3 aromatic rings. The first kappa shape index (κ1) is 14.2. The van der Waals surface area contributed by atoms with Gasteiger partial charge < -0.3 is 4.42 Å². The van der Waals surface area contributed by atoms with Gasteiger partial charge in [-0.2, -0.15) is 0 Å². The van der Waals surface area contributed by atoms with Crippen LogP contribution in [0.1, 0.15) is 11.1 Å². The van der Waals surface area contributed by atoms with E-state index in [1.54, 1.807) is 12.3 Å². The quantitative estimate of drug-likeness (QED) is 0.618. The summed E-state index contributed by atoms with van der Waals surface area (Å²) < 4.78 is 5.45. The normalized spacial score (nSPS) is 11.0. The van der Waals surface area contributed by atoms with Crippen molar-refractivity contribution in [3.8, 4) is 0 Å². The number of rotatable bonds is 3. The highest BCUT2D eigenvalue weighted by Crippen LogP contribution is 2.27. The van der Waals surface area contributed by atoms with Crippen LogP contribution in [-0.2, 0) is 11.2 Å². The predicted molar refractivity (Wildman–Crippen MR) is 87.0 cm³/mol. The molecule has 1 heterocycles. The van der Waals surface area contributed by atoms with Crippen LogP contribution < -0.4 is 0 Å². The van der Waals surface area contributed by atoms with Crippen molar-refractivity contribution in [1.29, 1.82) is 0 Å². The van der Waals surface area contributed by atoms with Crippen LogP contribution in [0.3, 0.4) is 0 Å². The zero-order valence-corrected chi connectivity index (χ0v) is 13.0. The smallest absolute Gasteiger partial charge is 0.198 e. The molecule has 0 atom stereocenters. The summed E-state index contributed by atoms with van der Waals surface area (Å²) in [4.78, 5) is 13.1. The lowest BCUT2D eigenvalue weighted by Crippen LogP contribution is -1.96. The summed E-state index contributed by atoms with van der Waals surface area (Å²) in [5.74, 6) is 0. The van der Waals surface area contributed by atoms with Gasteiger partial charge in [-0.1, -0.05) is 41.1 Å². The van der Waals surface area contributed by atoms with E-state index < -0.39 is 0 Å². The minimum Gasteiger partial charge on any atom is -0.464 e. The largest absolute Gasteiger partial charge is 0.464 e. The molecule has 0 saturated carbocycles. The maximum absolute atomic E-state index is 12.2. The Bertz CT molecular complexity index is 790. The molecule has 4 heteroatoms. The van der Waals surface area contributed by atoms with Crippen molar-refractivity contribution in [2.75, 3.05) is 0 Å². The van der Waals surface area contributed by atoms with Crippen LogP contribution in [0.2, 0.25) is 5.02 Å². The van der Waals surface area contributed by atoms with Crippen molar-refractivity contribution in [1.82, 2.24) is 0 Å². The van der Waals surface area contributed by atoms with Gasteiger partial charge in [0.25, 0.3) is 0 Å². The summed E-state index contributed by atoms with van der Waals surface area (Å²) in [5, 5.41) is 1.63. The van der Waals surface area contributed by atoms with Gasteiger partial charge in [-0.25, -0.2) is 0 Å². The van der Waals surface area contributed by atoms with E-state index in [2.05, 4.69) is 0 Å². The zero-order valence-electron chi connectivity index (χ0n) is 11.4. The van der Waals surface area contributed by atoms with E-state index >= 15 is 0 Å². The molecule has 0 fully saturated rings. The van der Waals surface area contributed by atoms with Crippen molar-refractivity contribution < 1.29 is 9.21 Å². The number of halogens is 1. The van der Waals surface area contributed by atoms with Crippen molar-refractivity contribution >= 4 is 39.4 Å². The first-order chi connectivity index (χ1) is 10.1. The molecule has 0 amide bonds. The molecule has 0 aliphatic carbocycles. The van der Waals surface area contributed by atoms with E-state index in [0.717, 1.165) is 21.4 Å². The topological polar surface area (TPSA) is 30.2 Å². The molecule has 2 nitrogen and oxygen atoms in total. The molecule has 0 aliphatic rings. The fourth-order valence-corrected chi connectivity index (χ4v) is 3.06. The van der Waals surface area contributed by atoms with E-state index in [1.807, 2.05) is 43.3 Å². The molecule has 0 aliphatic heterocycles. The summed E-state index contributed by atoms with van der Waals surface area (Å²) in [7, 11) is 0. The van der Waals surface area contributed by atoms with Crippen LogP contribution in [-0.4, -0.2) is 5.12 Å². The maximum atomic E-state index is 12.2. The lowest BCUT2D eigenvalue weighted by Gasteiger charge is -2.01. The van der Waals surface area contributed by atoms with Gasteiger partial charge >= 0.3 is 0 Å². The van der Waals surface area contributed by atoms with Gasteiger partial charge in [0.15, 0.2) is 5.12 Å². The van der Waals surface area contributed by atoms with E-state index in [1.165, 1.54) is 17.3 Å². The molecule has 0 unspecified atom stereocenters. The first-order valence-electron chi connectivity index (χ1n) is 6.55. The van der Waals surface area contributed by atoms with Crippen molar-refractivity contribution in [2.24, 2.45) is 0 Å². The summed E-state index contributed by atoms with van der Waals surface area (Å²) in [6.07, 6.45) is 1.96. The average Bonchev–Trinajstić information content (AvgIpc) is 2.84. The van der Waals surface area contributed by atoms with Gasteiger partial charge in [-0.05, 0) is 37.3 Å². The Morgan fingerprint density at radius 1 is 1.19 bits per heavy atom. The van der Waals surface area contributed by atoms with Crippen LogP contribution in [0.15, 0.2) is 58.0 Å². The Morgan fingerprint density at radius 3 is 2.71 bits per heavy atom. The van der Waals surface area contributed by atoms with E-state index in [4.69, 9.17) is 16.0 Å². The third kappa shape index (κ3) is 3.31. The SMILES string of the molecule is Cc1ccc(SC(=O)Cc2coc3ccc(Cl)cc23)cc1. The molecule has 106 valence electrons. The second-order valence-corrected chi connectivity index (χ2v) is 6.43. The minimum atomic E-state index is 0.0847. The number of aryl methyl sites for hydroxylation is 1. The molecule has 0 saturated heterocycles. The highest BCUT2D eigenvalue weighted by Gasteiger charge is 2.12. The molecular weight excluding hydrogens is 304 g/mol. The highest BCUT2D eigenvalue weighted by atomic mass is 35.5. The van der Waals surface area contributed by atoms with Gasteiger partial charge in [-0.15, -0.1) is 0 Å². The molecule has 21 heavy (non-hydrogen) atoms. The number of carbonyl (C=O) groups is 1. The summed E-state index contributed by atoms with van der Waals surface area (Å²) in [6, 6.07) is 13.4. The van der Waals surface area contributed by atoms with Crippen molar-refractivity contribution in [3.05, 3.63) is 64.9 Å². The molecule has 2 aromatic carbocycles. The average molecular weight is 317 g/mol. The molecule has 0 spiro atoms. The monoisotopic (exact) mass is 316 g/mol. The molecule has 0 bridgehead atoms. The van der Waals surface area contributed by atoms with E-state index in [9.17, 15) is 4.79 Å². The molecule has 0 radical (unpaired) electrons. The van der Waals surface area contributed by atoms with Gasteiger partial charge in [0.1, 0.15) is 5.58 Å². The fraction of sp³-hybridized carbons (Fsp3) is 0.118. The zero-order chi connectivity index (χ0) is 14.8. The van der Waals surface area contributed by atoms with E-state index in [-0.39, 0.29) is 5.12 Å². The Hall–Kier alpha value is -1.71. The predicted octanol–water partition coefficient (Wildman–Crippen LogP) is 5.26. The van der Waals surface area contributed by atoms with E-state index in [0.29, 0.717) is 11.4 Å². The molecular formula is C17H13ClO2S. The number of hydrogen-bond acceptors (Lipinski definition) is 3. The van der Waals surface area contributed by atoms with Crippen LogP contribution >= 0.6 is 23.4 Å². The Kier molecular flexibility index (Phi) is 4.04.